The number of hydrogen-bond acceptors (Lipinski definition) is 7. The van der Waals surface area contributed by atoms with Crippen LogP contribution in [0.15, 0.2) is 70.5 Å². The molecule has 0 saturated heterocycles. The predicted octanol–water partition coefficient (Wildman–Crippen LogP) is 3.11. The van der Waals surface area contributed by atoms with Crippen LogP contribution in [0.2, 0.25) is 0 Å². The fraction of sp³-hybridized carbons (Fsp3) is 0.136. The van der Waals surface area contributed by atoms with Gasteiger partial charge in [-0.3, -0.25) is 9.59 Å². The number of ether oxygens (including phenoxy) is 1. The van der Waals surface area contributed by atoms with Crippen molar-refractivity contribution in [2.75, 3.05) is 17.4 Å². The van der Waals surface area contributed by atoms with Gasteiger partial charge in [0.1, 0.15) is 6.26 Å². The average Bonchev–Trinajstić information content (AvgIpc) is 3.41. The number of anilines is 2. The molecule has 2 heterocycles. The van der Waals surface area contributed by atoms with Gasteiger partial charge in [-0.1, -0.05) is 12.1 Å². The third kappa shape index (κ3) is 3.93. The Bertz CT molecular complexity index is 1190. The number of methoxy groups -OCH3 is 1. The molecule has 1 aliphatic heterocycles. The van der Waals surface area contributed by atoms with E-state index in [9.17, 15) is 14.4 Å². The lowest BCUT2D eigenvalue weighted by atomic mass is 10.0. The van der Waals surface area contributed by atoms with E-state index in [2.05, 4.69) is 15.4 Å². The summed E-state index contributed by atoms with van der Waals surface area (Å²) in [5.41, 5.74) is 2.17. The molecule has 0 saturated carbocycles. The molecule has 1 aliphatic rings. The Hall–Kier alpha value is -4.27. The Morgan fingerprint density at radius 2 is 1.97 bits per heavy atom. The zero-order valence-electron chi connectivity index (χ0n) is 16.7. The van der Waals surface area contributed by atoms with Crippen LogP contribution in [-0.2, 0) is 14.3 Å². The lowest BCUT2D eigenvalue weighted by Crippen LogP contribution is -2.36. The Morgan fingerprint density at radius 3 is 2.71 bits per heavy atom. The number of amides is 2. The van der Waals surface area contributed by atoms with Crippen molar-refractivity contribution in [2.24, 2.45) is 11.0 Å². The highest BCUT2D eigenvalue weighted by Crippen LogP contribution is 2.27. The third-order valence-corrected chi connectivity index (χ3v) is 4.71. The van der Waals surface area contributed by atoms with Crippen LogP contribution in [-0.4, -0.2) is 35.6 Å². The van der Waals surface area contributed by atoms with Crippen LogP contribution in [0.1, 0.15) is 17.3 Å². The lowest BCUT2D eigenvalue weighted by molar-refractivity contribution is -0.127. The Kier molecular flexibility index (Phi) is 5.31. The van der Waals surface area contributed by atoms with Gasteiger partial charge in [-0.25, -0.2) is 9.78 Å². The van der Waals surface area contributed by atoms with Gasteiger partial charge in [-0.15, -0.1) is 0 Å². The normalized spacial score (nSPS) is 15.5. The van der Waals surface area contributed by atoms with Gasteiger partial charge in [0.2, 0.25) is 11.8 Å². The van der Waals surface area contributed by atoms with Crippen LogP contribution in [0.4, 0.5) is 11.4 Å². The maximum absolute atomic E-state index is 13.0. The molecular weight excluding hydrogens is 400 g/mol. The van der Waals surface area contributed by atoms with Crippen LogP contribution in [0, 0.1) is 5.92 Å². The Balaban J connectivity index is 1.53. The van der Waals surface area contributed by atoms with Crippen molar-refractivity contribution in [1.29, 1.82) is 0 Å². The molecule has 9 heteroatoms. The van der Waals surface area contributed by atoms with Gasteiger partial charge < -0.3 is 14.5 Å². The molecule has 4 rings (SSSR count). The summed E-state index contributed by atoms with van der Waals surface area (Å²) in [6, 6.07) is 13.2. The van der Waals surface area contributed by atoms with Crippen molar-refractivity contribution in [3.63, 3.8) is 0 Å². The van der Waals surface area contributed by atoms with Crippen LogP contribution in [0.25, 0.3) is 11.5 Å². The van der Waals surface area contributed by atoms with Gasteiger partial charge in [-0.2, -0.15) is 10.1 Å². The van der Waals surface area contributed by atoms with Crippen molar-refractivity contribution < 1.29 is 23.5 Å². The molecule has 0 fully saturated rings. The zero-order valence-corrected chi connectivity index (χ0v) is 16.7. The van der Waals surface area contributed by atoms with Crippen LogP contribution in [0.3, 0.4) is 0 Å². The van der Waals surface area contributed by atoms with E-state index in [1.165, 1.54) is 25.6 Å². The lowest BCUT2D eigenvalue weighted by Gasteiger charge is -2.15. The number of hydrazone groups is 1. The van der Waals surface area contributed by atoms with E-state index in [0.717, 1.165) is 5.01 Å². The zero-order chi connectivity index (χ0) is 22.0. The highest BCUT2D eigenvalue weighted by molar-refractivity contribution is 6.28. The number of nitrogens with zero attached hydrogens (tertiary/aromatic N) is 3. The number of carbonyl (C=O) groups excluding carboxylic acids is 3. The van der Waals surface area contributed by atoms with Crippen molar-refractivity contribution in [1.82, 2.24) is 4.98 Å². The monoisotopic (exact) mass is 418 g/mol. The summed E-state index contributed by atoms with van der Waals surface area (Å²) in [4.78, 5) is 41.7. The van der Waals surface area contributed by atoms with Gasteiger partial charge in [0.05, 0.1) is 30.3 Å². The summed E-state index contributed by atoms with van der Waals surface area (Å²) in [6.07, 6.45) is 2.99. The first kappa shape index (κ1) is 20.0. The number of hydrogen-bond donors (Lipinski definition) is 1. The van der Waals surface area contributed by atoms with Gasteiger partial charge in [0, 0.05) is 11.3 Å². The molecule has 0 spiro atoms. The molecule has 0 radical (unpaired) electrons. The molecule has 0 aliphatic carbocycles. The molecule has 1 atom stereocenters. The maximum atomic E-state index is 13.0. The van der Waals surface area contributed by atoms with Gasteiger partial charge in [0.25, 0.3) is 5.91 Å². The number of nitrogens with one attached hydrogen (secondary N) is 1. The first-order valence-corrected chi connectivity index (χ1v) is 9.36. The van der Waals surface area contributed by atoms with Crippen molar-refractivity contribution in [2.45, 2.75) is 6.92 Å². The number of rotatable bonds is 5. The number of aromatic nitrogens is 1. The van der Waals surface area contributed by atoms with Crippen molar-refractivity contribution >= 4 is 34.9 Å². The second-order valence-electron chi connectivity index (χ2n) is 6.77. The van der Waals surface area contributed by atoms with E-state index in [4.69, 9.17) is 9.15 Å². The second kappa shape index (κ2) is 8.23. The summed E-state index contributed by atoms with van der Waals surface area (Å²) < 4.78 is 9.98. The largest absolute Gasteiger partial charge is 0.465 e. The quantitative estimate of drug-likeness (QED) is 0.503. The Labute approximate surface area is 177 Å². The van der Waals surface area contributed by atoms with Crippen molar-refractivity contribution in [3.05, 3.63) is 66.6 Å². The van der Waals surface area contributed by atoms with Crippen LogP contribution < -0.4 is 10.3 Å². The minimum absolute atomic E-state index is 0.275. The molecule has 2 aromatic carbocycles. The van der Waals surface area contributed by atoms with E-state index < -0.39 is 23.7 Å². The standard InChI is InChI=1S/C22H18N4O5/c1-13-18(19(27)24-16-7-3-5-14(11-16)20-23-9-10-31-20)21(28)26(25-13)17-8-4-6-15(12-17)22(29)30-2/h3-12,18H,1-2H3,(H,24,27). The summed E-state index contributed by atoms with van der Waals surface area (Å²) in [6.45, 7) is 1.61. The van der Waals surface area contributed by atoms with E-state index in [-0.39, 0.29) is 5.56 Å². The smallest absolute Gasteiger partial charge is 0.337 e. The van der Waals surface area contributed by atoms with E-state index in [0.29, 0.717) is 28.5 Å². The highest BCUT2D eigenvalue weighted by atomic mass is 16.5. The molecule has 0 bridgehead atoms. The van der Waals surface area contributed by atoms with E-state index >= 15 is 0 Å². The topological polar surface area (TPSA) is 114 Å². The SMILES string of the molecule is COC(=O)c1cccc(N2N=C(C)C(C(=O)Nc3cccc(-c4ncco4)c3)C2=O)c1. The van der Waals surface area contributed by atoms with E-state index in [1.54, 1.807) is 49.4 Å². The molecule has 1 N–H and O–H groups in total. The second-order valence-corrected chi connectivity index (χ2v) is 6.77. The first-order chi connectivity index (χ1) is 15.0. The van der Waals surface area contributed by atoms with Gasteiger partial charge in [0.15, 0.2) is 5.92 Å². The minimum Gasteiger partial charge on any atom is -0.465 e. The summed E-state index contributed by atoms with van der Waals surface area (Å²) in [5.74, 6) is -2.23. The molecule has 1 aromatic heterocycles. The number of oxazole rings is 1. The third-order valence-electron chi connectivity index (χ3n) is 4.71. The van der Waals surface area contributed by atoms with Gasteiger partial charge in [-0.05, 0) is 43.3 Å². The van der Waals surface area contributed by atoms with Crippen LogP contribution in [0.5, 0.6) is 0 Å². The first-order valence-electron chi connectivity index (χ1n) is 9.36. The number of esters is 1. The van der Waals surface area contributed by atoms with Gasteiger partial charge >= 0.3 is 5.97 Å². The van der Waals surface area contributed by atoms with Crippen molar-refractivity contribution in [3.8, 4) is 11.5 Å². The minimum atomic E-state index is -1.09. The molecule has 156 valence electrons. The highest BCUT2D eigenvalue weighted by Gasteiger charge is 2.40. The Morgan fingerprint density at radius 1 is 1.16 bits per heavy atom. The van der Waals surface area contributed by atoms with Crippen LogP contribution >= 0.6 is 0 Å². The molecule has 2 amide bonds. The summed E-state index contributed by atoms with van der Waals surface area (Å²) in [5, 5.41) is 8.10. The number of benzene rings is 2. The number of carbonyl (C=O) groups is 3. The fourth-order valence-electron chi connectivity index (χ4n) is 3.25. The molecular formula is C22H18N4O5. The molecule has 1 unspecified atom stereocenters. The molecule has 9 nitrogen and oxygen atoms in total. The summed E-state index contributed by atoms with van der Waals surface area (Å²) >= 11 is 0. The fourth-order valence-corrected chi connectivity index (χ4v) is 3.25. The molecule has 3 aromatic rings. The average molecular weight is 418 g/mol. The summed E-state index contributed by atoms with van der Waals surface area (Å²) in [7, 11) is 1.27. The maximum Gasteiger partial charge on any atom is 0.337 e. The predicted molar refractivity (Wildman–Crippen MR) is 112 cm³/mol. The van der Waals surface area contributed by atoms with E-state index in [1.807, 2.05) is 0 Å². The molecule has 31 heavy (non-hydrogen) atoms.